The molecule has 1 aromatic carbocycles. The Morgan fingerprint density at radius 1 is 1.03 bits per heavy atom. The number of rotatable bonds is 7. The number of nitrogens with zero attached hydrogens (tertiary/aromatic N) is 4. The summed E-state index contributed by atoms with van der Waals surface area (Å²) in [5.74, 6) is 0.891. The summed E-state index contributed by atoms with van der Waals surface area (Å²) >= 11 is 6.22. The smallest absolute Gasteiger partial charge is 0.257 e. The zero-order valence-electron chi connectivity index (χ0n) is 19.8. The molecule has 2 amide bonds. The highest BCUT2D eigenvalue weighted by atomic mass is 35.5. The molecule has 1 aliphatic rings. The van der Waals surface area contributed by atoms with Crippen molar-refractivity contribution >= 4 is 29.2 Å². The zero-order valence-corrected chi connectivity index (χ0v) is 20.5. The van der Waals surface area contributed by atoms with Crippen LogP contribution in [0.25, 0.3) is 0 Å². The van der Waals surface area contributed by atoms with E-state index in [1.54, 1.807) is 17.0 Å². The van der Waals surface area contributed by atoms with Crippen LogP contribution in [0, 0.1) is 5.82 Å². The van der Waals surface area contributed by atoms with E-state index in [2.05, 4.69) is 15.3 Å². The molecule has 1 saturated heterocycles. The van der Waals surface area contributed by atoms with Crippen LogP contribution in [0.15, 0.2) is 54.9 Å². The van der Waals surface area contributed by atoms with Crippen LogP contribution < -0.4 is 14.8 Å². The third-order valence-corrected chi connectivity index (χ3v) is 6.15. The first kappa shape index (κ1) is 25.3. The van der Waals surface area contributed by atoms with Crippen molar-refractivity contribution in [3.8, 4) is 17.4 Å². The van der Waals surface area contributed by atoms with Gasteiger partial charge in [-0.2, -0.15) is 0 Å². The Kier molecular flexibility index (Phi) is 7.97. The summed E-state index contributed by atoms with van der Waals surface area (Å²) in [6.07, 6.45) is 2.89. The maximum absolute atomic E-state index is 13.0. The minimum Gasteiger partial charge on any atom is -0.481 e. The highest BCUT2D eigenvalue weighted by Gasteiger charge is 2.29. The molecule has 4 rings (SSSR count). The molecule has 1 N–H and O–H groups in total. The van der Waals surface area contributed by atoms with E-state index in [4.69, 9.17) is 21.1 Å². The first-order valence-electron chi connectivity index (χ1n) is 11.3. The van der Waals surface area contributed by atoms with Gasteiger partial charge in [-0.15, -0.1) is 0 Å². The lowest BCUT2D eigenvalue weighted by atomic mass is 10.2. The molecule has 188 valence electrons. The maximum atomic E-state index is 13.0. The molecule has 1 fully saturated rings. The van der Waals surface area contributed by atoms with Crippen molar-refractivity contribution in [1.29, 1.82) is 0 Å². The van der Waals surface area contributed by atoms with Gasteiger partial charge in [0.1, 0.15) is 23.1 Å². The summed E-state index contributed by atoms with van der Waals surface area (Å²) in [5, 5.41) is 3.08. The van der Waals surface area contributed by atoms with E-state index in [1.165, 1.54) is 49.8 Å². The standard InChI is InChI=1S/C25H25ClFN5O4/c1-16(24(33)30-22-8-7-19(14-28-22)36-18-5-3-17(27)4-6-18)31-9-11-32(12-10-31)25(34)20-15-29-23(35-2)13-21(20)26/h3-8,13-16H,9-12H2,1-2H3,(H,28,30,33). The number of pyridine rings is 2. The van der Waals surface area contributed by atoms with Gasteiger partial charge in [0.2, 0.25) is 11.8 Å². The Morgan fingerprint density at radius 2 is 1.72 bits per heavy atom. The van der Waals surface area contributed by atoms with Crippen molar-refractivity contribution in [2.24, 2.45) is 0 Å². The molecule has 9 nitrogen and oxygen atoms in total. The molecule has 1 unspecified atom stereocenters. The predicted molar refractivity (Wildman–Crippen MR) is 132 cm³/mol. The van der Waals surface area contributed by atoms with Gasteiger partial charge in [0, 0.05) is 38.4 Å². The third-order valence-electron chi connectivity index (χ3n) is 5.83. The highest BCUT2D eigenvalue weighted by molar-refractivity contribution is 6.33. The van der Waals surface area contributed by atoms with Crippen LogP contribution in [0.1, 0.15) is 17.3 Å². The molecule has 3 heterocycles. The lowest BCUT2D eigenvalue weighted by Crippen LogP contribution is -2.54. The Balaban J connectivity index is 1.28. The number of nitrogens with one attached hydrogen (secondary N) is 1. The molecule has 2 aromatic heterocycles. The van der Waals surface area contributed by atoms with Gasteiger partial charge in [-0.3, -0.25) is 14.5 Å². The highest BCUT2D eigenvalue weighted by Crippen LogP contribution is 2.23. The molecule has 0 saturated carbocycles. The van der Waals surface area contributed by atoms with E-state index in [-0.39, 0.29) is 22.7 Å². The van der Waals surface area contributed by atoms with Crippen LogP contribution in [0.5, 0.6) is 17.4 Å². The third kappa shape index (κ3) is 6.07. The lowest BCUT2D eigenvalue weighted by molar-refractivity contribution is -0.121. The summed E-state index contributed by atoms with van der Waals surface area (Å²) in [5.41, 5.74) is 0.314. The first-order chi connectivity index (χ1) is 17.3. The Morgan fingerprint density at radius 3 is 2.33 bits per heavy atom. The number of hydrogen-bond acceptors (Lipinski definition) is 7. The molecule has 36 heavy (non-hydrogen) atoms. The first-order valence-corrected chi connectivity index (χ1v) is 11.6. The maximum Gasteiger partial charge on any atom is 0.257 e. The zero-order chi connectivity index (χ0) is 25.7. The number of anilines is 1. The summed E-state index contributed by atoms with van der Waals surface area (Å²) < 4.78 is 23.7. The Hall–Kier alpha value is -3.76. The number of ether oxygens (including phenoxy) is 2. The molecule has 1 aliphatic heterocycles. The number of hydrogen-bond donors (Lipinski definition) is 1. The van der Waals surface area contributed by atoms with Gasteiger partial charge < -0.3 is 19.7 Å². The molecule has 0 aliphatic carbocycles. The number of halogens is 2. The SMILES string of the molecule is COc1cc(Cl)c(C(=O)N2CCN(C(C)C(=O)Nc3ccc(Oc4ccc(F)cc4)cn3)CC2)cn1. The van der Waals surface area contributed by atoms with Crippen molar-refractivity contribution in [2.75, 3.05) is 38.6 Å². The van der Waals surface area contributed by atoms with Crippen LogP contribution in [-0.4, -0.2) is 70.9 Å². The quantitative estimate of drug-likeness (QED) is 0.512. The summed E-state index contributed by atoms with van der Waals surface area (Å²) in [6.45, 7) is 3.76. The number of methoxy groups -OCH3 is 1. The van der Waals surface area contributed by atoms with Crippen LogP contribution >= 0.6 is 11.6 Å². The van der Waals surface area contributed by atoms with Crippen LogP contribution in [0.3, 0.4) is 0 Å². The second kappa shape index (κ2) is 11.3. The number of carbonyl (C=O) groups excluding carboxylic acids is 2. The number of aromatic nitrogens is 2. The summed E-state index contributed by atoms with van der Waals surface area (Å²) in [4.78, 5) is 37.6. The molecule has 0 bridgehead atoms. The monoisotopic (exact) mass is 513 g/mol. The summed E-state index contributed by atoms with van der Waals surface area (Å²) in [7, 11) is 1.48. The van der Waals surface area contributed by atoms with E-state index in [0.29, 0.717) is 54.9 Å². The Bertz CT molecular complexity index is 1220. The lowest BCUT2D eigenvalue weighted by Gasteiger charge is -2.37. The molecule has 11 heteroatoms. The second-order valence-electron chi connectivity index (χ2n) is 8.14. The van der Waals surface area contributed by atoms with Gasteiger partial charge in [0.15, 0.2) is 0 Å². The number of carbonyl (C=O) groups is 2. The van der Waals surface area contributed by atoms with E-state index in [0.717, 1.165) is 0 Å². The molecule has 3 aromatic rings. The average Bonchev–Trinajstić information content (AvgIpc) is 2.90. The van der Waals surface area contributed by atoms with E-state index in [1.807, 2.05) is 11.8 Å². The van der Waals surface area contributed by atoms with Gasteiger partial charge in [-0.1, -0.05) is 11.6 Å². The minimum atomic E-state index is -0.426. The van der Waals surface area contributed by atoms with Crippen LogP contribution in [0.2, 0.25) is 5.02 Å². The molecular formula is C25H25ClFN5O4. The second-order valence-corrected chi connectivity index (χ2v) is 8.54. The van der Waals surface area contributed by atoms with Crippen LogP contribution in [-0.2, 0) is 4.79 Å². The number of amides is 2. The van der Waals surface area contributed by atoms with Gasteiger partial charge in [0.05, 0.1) is 29.9 Å². The summed E-state index contributed by atoms with van der Waals surface area (Å²) in [6, 6.07) is 10.0. The average molecular weight is 514 g/mol. The largest absolute Gasteiger partial charge is 0.481 e. The fraction of sp³-hybridized carbons (Fsp3) is 0.280. The van der Waals surface area contributed by atoms with Crippen molar-refractivity contribution in [1.82, 2.24) is 19.8 Å². The number of benzene rings is 1. The van der Waals surface area contributed by atoms with E-state index >= 15 is 0 Å². The minimum absolute atomic E-state index is 0.209. The van der Waals surface area contributed by atoms with E-state index in [9.17, 15) is 14.0 Å². The molecule has 0 spiro atoms. The Labute approximate surface area is 212 Å². The van der Waals surface area contributed by atoms with E-state index < -0.39 is 6.04 Å². The van der Waals surface area contributed by atoms with Gasteiger partial charge in [-0.25, -0.2) is 14.4 Å². The normalized spacial score (nSPS) is 14.7. The number of piperazine rings is 1. The topological polar surface area (TPSA) is 96.9 Å². The van der Waals surface area contributed by atoms with Crippen LogP contribution in [0.4, 0.5) is 10.2 Å². The molecule has 1 atom stereocenters. The van der Waals surface area contributed by atoms with Gasteiger partial charge in [-0.05, 0) is 43.3 Å². The van der Waals surface area contributed by atoms with Gasteiger partial charge >= 0.3 is 0 Å². The van der Waals surface area contributed by atoms with Crippen molar-refractivity contribution < 1.29 is 23.5 Å². The fourth-order valence-electron chi connectivity index (χ4n) is 3.71. The van der Waals surface area contributed by atoms with Gasteiger partial charge in [0.25, 0.3) is 5.91 Å². The van der Waals surface area contributed by atoms with Crippen molar-refractivity contribution in [3.05, 3.63) is 71.3 Å². The van der Waals surface area contributed by atoms with Crippen molar-refractivity contribution in [2.45, 2.75) is 13.0 Å². The predicted octanol–water partition coefficient (Wildman–Crippen LogP) is 3.86. The van der Waals surface area contributed by atoms with Crippen molar-refractivity contribution in [3.63, 3.8) is 0 Å². The molecular weight excluding hydrogens is 489 g/mol. The molecule has 0 radical (unpaired) electrons. The fourth-order valence-corrected chi connectivity index (χ4v) is 3.94.